The average molecular weight is 229 g/mol. The number of nitrogens with zero attached hydrogens (tertiary/aromatic N) is 3. The topological polar surface area (TPSA) is 39.8 Å². The number of hydrogen-bond acceptors (Lipinski definition) is 2. The third-order valence-electron chi connectivity index (χ3n) is 3.36. The molecule has 0 bridgehead atoms. The van der Waals surface area contributed by atoms with Crippen LogP contribution in [0.1, 0.15) is 34.6 Å². The van der Waals surface area contributed by atoms with E-state index in [-0.39, 0.29) is 5.78 Å². The van der Waals surface area contributed by atoms with Crippen molar-refractivity contribution in [3.05, 3.63) is 35.4 Å². The zero-order valence-corrected chi connectivity index (χ0v) is 10.1. The summed E-state index contributed by atoms with van der Waals surface area (Å²) in [6.07, 6.45) is 6.59. The molecule has 0 aliphatic heterocycles. The predicted octanol–water partition coefficient (Wildman–Crippen LogP) is 2.04. The number of aromatic nitrogens is 3. The molecule has 2 aromatic heterocycles. The van der Waals surface area contributed by atoms with Crippen molar-refractivity contribution in [2.75, 3.05) is 0 Å². The van der Waals surface area contributed by atoms with Crippen LogP contribution in [0.5, 0.6) is 0 Å². The van der Waals surface area contributed by atoms with Gasteiger partial charge >= 0.3 is 0 Å². The van der Waals surface area contributed by atoms with Crippen LogP contribution in [0.3, 0.4) is 0 Å². The molecule has 0 aromatic carbocycles. The van der Waals surface area contributed by atoms with Crippen LogP contribution in [-0.4, -0.2) is 20.1 Å². The van der Waals surface area contributed by atoms with Gasteiger partial charge in [0.2, 0.25) is 0 Å². The highest BCUT2D eigenvalue weighted by atomic mass is 16.1. The molecule has 2 heterocycles. The number of fused-ring (bicyclic) bond motifs is 1. The summed E-state index contributed by atoms with van der Waals surface area (Å²) >= 11 is 0. The van der Waals surface area contributed by atoms with Crippen LogP contribution in [0.4, 0.5) is 0 Å². The Bertz CT molecular complexity index is 592. The van der Waals surface area contributed by atoms with Crippen LogP contribution in [0.25, 0.3) is 5.69 Å². The van der Waals surface area contributed by atoms with Crippen molar-refractivity contribution in [2.24, 2.45) is 7.05 Å². The number of carbonyl (C=O) groups is 1. The first-order valence-corrected chi connectivity index (χ1v) is 5.91. The Hall–Kier alpha value is -1.84. The SMILES string of the molecule is Cc1nn(C)cc1-n1ccc2c1CCCC2=O. The Labute approximate surface area is 99.9 Å². The van der Waals surface area contributed by atoms with Gasteiger partial charge in [0.25, 0.3) is 0 Å². The summed E-state index contributed by atoms with van der Waals surface area (Å²) in [6.45, 7) is 1.99. The lowest BCUT2D eigenvalue weighted by Crippen LogP contribution is -2.12. The second-order valence-corrected chi connectivity index (χ2v) is 4.60. The highest BCUT2D eigenvalue weighted by molar-refractivity contribution is 5.98. The van der Waals surface area contributed by atoms with Gasteiger partial charge in [-0.05, 0) is 25.8 Å². The van der Waals surface area contributed by atoms with Crippen molar-refractivity contribution in [3.63, 3.8) is 0 Å². The van der Waals surface area contributed by atoms with E-state index >= 15 is 0 Å². The summed E-state index contributed by atoms with van der Waals surface area (Å²) in [6, 6.07) is 1.93. The van der Waals surface area contributed by atoms with E-state index in [0.29, 0.717) is 6.42 Å². The summed E-state index contributed by atoms with van der Waals surface area (Å²) in [5, 5.41) is 4.35. The molecule has 3 rings (SSSR count). The van der Waals surface area contributed by atoms with Crippen molar-refractivity contribution < 1.29 is 4.79 Å². The van der Waals surface area contributed by atoms with E-state index in [1.807, 2.05) is 37.1 Å². The lowest BCUT2D eigenvalue weighted by molar-refractivity contribution is 0.0972. The number of carbonyl (C=O) groups excluding carboxylic acids is 1. The quantitative estimate of drug-likeness (QED) is 0.750. The zero-order valence-electron chi connectivity index (χ0n) is 10.1. The maximum atomic E-state index is 11.8. The molecule has 4 nitrogen and oxygen atoms in total. The molecule has 0 atom stereocenters. The molecule has 2 aromatic rings. The van der Waals surface area contributed by atoms with Crippen LogP contribution in [0, 0.1) is 6.92 Å². The summed E-state index contributed by atoms with van der Waals surface area (Å²) in [5.74, 6) is 0.270. The van der Waals surface area contributed by atoms with Crippen LogP contribution in [-0.2, 0) is 13.5 Å². The zero-order chi connectivity index (χ0) is 12.0. The Morgan fingerprint density at radius 3 is 2.88 bits per heavy atom. The maximum absolute atomic E-state index is 11.8. The molecule has 88 valence electrons. The molecule has 0 radical (unpaired) electrons. The molecule has 0 amide bonds. The van der Waals surface area contributed by atoms with E-state index in [1.165, 1.54) is 0 Å². The number of Topliss-reactive ketones (excluding diaryl/α,β-unsaturated/α-hetero) is 1. The lowest BCUT2D eigenvalue weighted by atomic mass is 9.97. The minimum absolute atomic E-state index is 0.270. The van der Waals surface area contributed by atoms with Crippen molar-refractivity contribution in [1.29, 1.82) is 0 Å². The highest BCUT2D eigenvalue weighted by Gasteiger charge is 2.22. The number of ketones is 1. The van der Waals surface area contributed by atoms with Gasteiger partial charge in [0.15, 0.2) is 5.78 Å². The Morgan fingerprint density at radius 1 is 1.35 bits per heavy atom. The average Bonchev–Trinajstić information content (AvgIpc) is 2.83. The minimum atomic E-state index is 0.270. The van der Waals surface area contributed by atoms with Crippen molar-refractivity contribution in [2.45, 2.75) is 26.2 Å². The largest absolute Gasteiger partial charge is 0.317 e. The fraction of sp³-hybridized carbons (Fsp3) is 0.385. The first-order chi connectivity index (χ1) is 8.16. The van der Waals surface area contributed by atoms with Crippen LogP contribution >= 0.6 is 0 Å². The molecule has 0 saturated heterocycles. The lowest BCUT2D eigenvalue weighted by Gasteiger charge is -2.14. The maximum Gasteiger partial charge on any atom is 0.164 e. The molecule has 0 fully saturated rings. The fourth-order valence-corrected chi connectivity index (χ4v) is 2.57. The number of rotatable bonds is 1. The van der Waals surface area contributed by atoms with Crippen molar-refractivity contribution in [1.82, 2.24) is 14.3 Å². The van der Waals surface area contributed by atoms with Gasteiger partial charge in [0.05, 0.1) is 11.4 Å². The van der Waals surface area contributed by atoms with E-state index in [2.05, 4.69) is 9.67 Å². The molecule has 0 spiro atoms. The van der Waals surface area contributed by atoms with Crippen LogP contribution in [0.2, 0.25) is 0 Å². The standard InChI is InChI=1S/C13H15N3O/c1-9-12(8-15(2)14-9)16-7-6-10-11(16)4-3-5-13(10)17/h6-8H,3-5H2,1-2H3. The highest BCUT2D eigenvalue weighted by Crippen LogP contribution is 2.26. The first-order valence-electron chi connectivity index (χ1n) is 5.91. The van der Waals surface area contributed by atoms with Gasteiger partial charge in [-0.1, -0.05) is 0 Å². The van der Waals surface area contributed by atoms with Crippen molar-refractivity contribution >= 4 is 5.78 Å². The number of aryl methyl sites for hydroxylation is 2. The molecule has 17 heavy (non-hydrogen) atoms. The third kappa shape index (κ3) is 1.52. The third-order valence-corrected chi connectivity index (χ3v) is 3.36. The van der Waals surface area contributed by atoms with Gasteiger partial charge < -0.3 is 4.57 Å². The summed E-state index contributed by atoms with van der Waals surface area (Å²) in [4.78, 5) is 11.8. The summed E-state index contributed by atoms with van der Waals surface area (Å²) in [5.41, 5.74) is 4.09. The molecule has 0 saturated carbocycles. The molecule has 0 N–H and O–H groups in total. The number of hydrogen-bond donors (Lipinski definition) is 0. The Kier molecular flexibility index (Phi) is 2.18. The van der Waals surface area contributed by atoms with E-state index in [0.717, 1.165) is 35.5 Å². The Morgan fingerprint density at radius 2 is 2.18 bits per heavy atom. The molecule has 4 heteroatoms. The van der Waals surface area contributed by atoms with E-state index in [4.69, 9.17) is 0 Å². The summed E-state index contributed by atoms with van der Waals surface area (Å²) < 4.78 is 3.91. The molecule has 0 unspecified atom stereocenters. The van der Waals surface area contributed by atoms with Crippen molar-refractivity contribution in [3.8, 4) is 5.69 Å². The van der Waals surface area contributed by atoms with Gasteiger partial charge in [0.1, 0.15) is 0 Å². The predicted molar refractivity (Wildman–Crippen MR) is 64.5 cm³/mol. The van der Waals surface area contributed by atoms with Gasteiger partial charge in [-0.2, -0.15) is 5.10 Å². The fourth-order valence-electron chi connectivity index (χ4n) is 2.57. The van der Waals surface area contributed by atoms with Gasteiger partial charge in [-0.25, -0.2) is 0 Å². The van der Waals surface area contributed by atoms with Gasteiger partial charge in [0, 0.05) is 37.1 Å². The normalized spacial score (nSPS) is 15.1. The minimum Gasteiger partial charge on any atom is -0.317 e. The van der Waals surface area contributed by atoms with E-state index in [1.54, 1.807) is 0 Å². The van der Waals surface area contributed by atoms with Gasteiger partial charge in [-0.15, -0.1) is 0 Å². The molecule has 1 aliphatic rings. The van der Waals surface area contributed by atoms with Gasteiger partial charge in [-0.3, -0.25) is 9.48 Å². The molecule has 1 aliphatic carbocycles. The van der Waals surface area contributed by atoms with Crippen LogP contribution in [0.15, 0.2) is 18.5 Å². The smallest absolute Gasteiger partial charge is 0.164 e. The van der Waals surface area contributed by atoms with Crippen LogP contribution < -0.4 is 0 Å². The first kappa shape index (κ1) is 10.3. The monoisotopic (exact) mass is 229 g/mol. The second kappa shape index (κ2) is 3.58. The Balaban J connectivity index is 2.16. The van der Waals surface area contributed by atoms with E-state index < -0.39 is 0 Å². The second-order valence-electron chi connectivity index (χ2n) is 4.60. The van der Waals surface area contributed by atoms with E-state index in [9.17, 15) is 4.79 Å². The molecular weight excluding hydrogens is 214 g/mol. The molecular formula is C13H15N3O. The summed E-state index contributed by atoms with van der Waals surface area (Å²) in [7, 11) is 1.91.